The summed E-state index contributed by atoms with van der Waals surface area (Å²) in [4.78, 5) is 44.5. The minimum absolute atomic E-state index is 0.0158. The third-order valence-corrected chi connectivity index (χ3v) is 7.25. The van der Waals surface area contributed by atoms with Crippen LogP contribution in [0.15, 0.2) is 24.5 Å². The fourth-order valence-corrected chi connectivity index (χ4v) is 5.32. The molecular formula is C23H31N3O5. The first-order valence-corrected chi connectivity index (χ1v) is 11.0. The second-order valence-corrected chi connectivity index (χ2v) is 9.53. The van der Waals surface area contributed by atoms with Crippen LogP contribution in [0.25, 0.3) is 0 Å². The van der Waals surface area contributed by atoms with Gasteiger partial charge in [0.25, 0.3) is 0 Å². The summed E-state index contributed by atoms with van der Waals surface area (Å²) in [5.41, 5.74) is 0.916. The van der Waals surface area contributed by atoms with Crippen molar-refractivity contribution in [3.8, 4) is 0 Å². The predicted molar refractivity (Wildman–Crippen MR) is 112 cm³/mol. The Balaban J connectivity index is 1.51. The average molecular weight is 430 g/mol. The highest BCUT2D eigenvalue weighted by molar-refractivity contribution is 5.92. The lowest BCUT2D eigenvalue weighted by Crippen LogP contribution is -2.55. The van der Waals surface area contributed by atoms with Crippen LogP contribution in [0.3, 0.4) is 0 Å². The van der Waals surface area contributed by atoms with E-state index in [0.717, 1.165) is 12.0 Å². The highest BCUT2D eigenvalue weighted by Crippen LogP contribution is 2.65. The van der Waals surface area contributed by atoms with Gasteiger partial charge in [-0.25, -0.2) is 4.79 Å². The molecule has 1 aromatic heterocycles. The van der Waals surface area contributed by atoms with Crippen molar-refractivity contribution in [3.05, 3.63) is 30.1 Å². The maximum Gasteiger partial charge on any atom is 0.328 e. The van der Waals surface area contributed by atoms with Crippen molar-refractivity contribution in [2.75, 3.05) is 26.9 Å². The molecule has 3 aliphatic rings. The van der Waals surface area contributed by atoms with Gasteiger partial charge in [-0.05, 0) is 41.4 Å². The molecule has 0 aromatic carbocycles. The molecule has 0 radical (unpaired) electrons. The molecule has 168 valence electrons. The SMILES string of the molecule is COC(=O)[C@@H]1[C@@H]2[C@H](CN1C(=O)[C@H](Cc1ccncc1)NC(=O)CC1CCOC1)C2(C)C. The fraction of sp³-hybridized carbons (Fsp3) is 0.652. The summed E-state index contributed by atoms with van der Waals surface area (Å²) in [6.45, 7) is 6.01. The van der Waals surface area contributed by atoms with Crippen molar-refractivity contribution in [1.29, 1.82) is 0 Å². The van der Waals surface area contributed by atoms with Crippen LogP contribution in [0.2, 0.25) is 0 Å². The molecule has 0 spiro atoms. The molecule has 2 amide bonds. The van der Waals surface area contributed by atoms with E-state index >= 15 is 0 Å². The predicted octanol–water partition coefficient (Wildman–Crippen LogP) is 1.19. The summed E-state index contributed by atoms with van der Waals surface area (Å²) in [7, 11) is 1.35. The number of esters is 1. The van der Waals surface area contributed by atoms with E-state index < -0.39 is 12.1 Å². The van der Waals surface area contributed by atoms with Gasteiger partial charge in [-0.15, -0.1) is 0 Å². The Labute approximate surface area is 182 Å². The van der Waals surface area contributed by atoms with Crippen LogP contribution >= 0.6 is 0 Å². The molecule has 2 saturated heterocycles. The van der Waals surface area contributed by atoms with Crippen molar-refractivity contribution in [3.63, 3.8) is 0 Å². The first-order valence-electron chi connectivity index (χ1n) is 11.0. The van der Waals surface area contributed by atoms with Gasteiger partial charge in [0.2, 0.25) is 11.8 Å². The van der Waals surface area contributed by atoms with E-state index in [-0.39, 0.29) is 41.0 Å². The molecule has 31 heavy (non-hydrogen) atoms. The van der Waals surface area contributed by atoms with E-state index in [9.17, 15) is 14.4 Å². The summed E-state index contributed by atoms with van der Waals surface area (Å²) in [5.74, 6) is -0.234. The van der Waals surface area contributed by atoms with Gasteiger partial charge in [0.15, 0.2) is 0 Å². The number of amides is 2. The third-order valence-electron chi connectivity index (χ3n) is 7.25. The number of aromatic nitrogens is 1. The lowest BCUT2D eigenvalue weighted by Gasteiger charge is -2.32. The van der Waals surface area contributed by atoms with Gasteiger partial charge in [-0.3, -0.25) is 14.6 Å². The molecule has 4 rings (SSSR count). The normalized spacial score (nSPS) is 29.2. The summed E-state index contributed by atoms with van der Waals surface area (Å²) >= 11 is 0. The first kappa shape index (κ1) is 21.7. The van der Waals surface area contributed by atoms with Gasteiger partial charge in [-0.2, -0.15) is 0 Å². The summed E-state index contributed by atoms with van der Waals surface area (Å²) in [6.07, 6.45) is 4.86. The van der Waals surface area contributed by atoms with E-state index in [0.29, 0.717) is 32.6 Å². The minimum Gasteiger partial charge on any atom is -0.467 e. The van der Waals surface area contributed by atoms with Crippen LogP contribution in [-0.2, 0) is 30.3 Å². The largest absolute Gasteiger partial charge is 0.467 e. The van der Waals surface area contributed by atoms with Crippen LogP contribution in [0, 0.1) is 23.2 Å². The summed E-state index contributed by atoms with van der Waals surface area (Å²) < 4.78 is 10.4. The Morgan fingerprint density at radius 3 is 2.71 bits per heavy atom. The number of hydrogen-bond donors (Lipinski definition) is 1. The molecule has 8 nitrogen and oxygen atoms in total. The van der Waals surface area contributed by atoms with Gasteiger partial charge in [0, 0.05) is 50.9 Å². The van der Waals surface area contributed by atoms with E-state index in [4.69, 9.17) is 9.47 Å². The lowest BCUT2D eigenvalue weighted by molar-refractivity contribution is -0.154. The van der Waals surface area contributed by atoms with Gasteiger partial charge in [0.05, 0.1) is 7.11 Å². The van der Waals surface area contributed by atoms with E-state index in [1.54, 1.807) is 17.3 Å². The highest BCUT2D eigenvalue weighted by atomic mass is 16.5. The van der Waals surface area contributed by atoms with E-state index in [1.807, 2.05) is 12.1 Å². The Morgan fingerprint density at radius 2 is 2.06 bits per heavy atom. The highest BCUT2D eigenvalue weighted by Gasteiger charge is 2.70. The number of carbonyl (C=O) groups is 3. The molecule has 1 saturated carbocycles. The Hall–Kier alpha value is -2.48. The van der Waals surface area contributed by atoms with Crippen LogP contribution in [0.1, 0.15) is 32.3 Å². The minimum atomic E-state index is -0.745. The number of carbonyl (C=O) groups excluding carboxylic acids is 3. The molecular weight excluding hydrogens is 398 g/mol. The van der Waals surface area contributed by atoms with Crippen molar-refractivity contribution >= 4 is 17.8 Å². The summed E-state index contributed by atoms with van der Waals surface area (Å²) in [5, 5.41) is 2.94. The van der Waals surface area contributed by atoms with Crippen molar-refractivity contribution in [2.45, 2.75) is 45.2 Å². The monoisotopic (exact) mass is 429 g/mol. The second kappa shape index (κ2) is 8.57. The van der Waals surface area contributed by atoms with Crippen LogP contribution in [0.5, 0.6) is 0 Å². The maximum atomic E-state index is 13.6. The number of likely N-dealkylation sites (tertiary alicyclic amines) is 1. The number of piperidine rings is 1. The van der Waals surface area contributed by atoms with Crippen molar-refractivity contribution < 1.29 is 23.9 Å². The van der Waals surface area contributed by atoms with Crippen LogP contribution < -0.4 is 5.32 Å². The quantitative estimate of drug-likeness (QED) is 0.654. The zero-order valence-corrected chi connectivity index (χ0v) is 18.4. The average Bonchev–Trinajstić information content (AvgIpc) is 3.18. The van der Waals surface area contributed by atoms with Crippen LogP contribution in [-0.4, -0.2) is 66.6 Å². The zero-order valence-electron chi connectivity index (χ0n) is 18.4. The molecule has 3 fully saturated rings. The van der Waals surface area contributed by atoms with Gasteiger partial charge >= 0.3 is 5.97 Å². The fourth-order valence-electron chi connectivity index (χ4n) is 5.32. The number of hydrogen-bond acceptors (Lipinski definition) is 6. The van der Waals surface area contributed by atoms with E-state index in [2.05, 4.69) is 24.1 Å². The molecule has 8 heteroatoms. The van der Waals surface area contributed by atoms with Gasteiger partial charge < -0.3 is 19.7 Å². The van der Waals surface area contributed by atoms with Gasteiger partial charge in [0.1, 0.15) is 12.1 Å². The Morgan fingerprint density at radius 1 is 1.32 bits per heavy atom. The molecule has 5 atom stereocenters. The third kappa shape index (κ3) is 4.31. The van der Waals surface area contributed by atoms with Crippen molar-refractivity contribution in [2.24, 2.45) is 23.2 Å². The number of nitrogens with one attached hydrogen (secondary N) is 1. The molecule has 1 unspecified atom stereocenters. The topological polar surface area (TPSA) is 97.8 Å². The number of rotatable bonds is 7. The second-order valence-electron chi connectivity index (χ2n) is 9.53. The smallest absolute Gasteiger partial charge is 0.328 e. The standard InChI is InChI=1S/C23H31N3O5/c1-23(2)16-12-26(20(19(16)23)22(29)30-3)21(28)17(10-14-4-7-24-8-5-14)25-18(27)11-15-6-9-31-13-15/h4-5,7-8,15-17,19-20H,6,9-13H2,1-3H3,(H,25,27)/t15?,16-,17-,19-,20-/m0/s1. The molecule has 1 aromatic rings. The Bertz CT molecular complexity index is 837. The molecule has 1 aliphatic carbocycles. The number of ether oxygens (including phenoxy) is 2. The molecule has 3 heterocycles. The maximum absolute atomic E-state index is 13.6. The number of nitrogens with zero attached hydrogens (tertiary/aromatic N) is 2. The molecule has 0 bridgehead atoms. The van der Waals surface area contributed by atoms with Crippen LogP contribution in [0.4, 0.5) is 0 Å². The Kier molecular flexibility index (Phi) is 6.01. The lowest BCUT2D eigenvalue weighted by atomic mass is 9.98. The molecule has 2 aliphatic heterocycles. The van der Waals surface area contributed by atoms with Gasteiger partial charge in [-0.1, -0.05) is 13.8 Å². The summed E-state index contributed by atoms with van der Waals surface area (Å²) in [6, 6.07) is 2.32. The number of pyridine rings is 1. The number of methoxy groups -OCH3 is 1. The number of fused-ring (bicyclic) bond motifs is 1. The molecule has 1 N–H and O–H groups in total. The zero-order chi connectivity index (χ0) is 22.2. The first-order chi connectivity index (χ1) is 14.8. The van der Waals surface area contributed by atoms with Crippen molar-refractivity contribution in [1.82, 2.24) is 15.2 Å². The van der Waals surface area contributed by atoms with E-state index in [1.165, 1.54) is 7.11 Å².